The maximum absolute atomic E-state index is 12.6. The highest BCUT2D eigenvalue weighted by Crippen LogP contribution is 2.23. The Labute approximate surface area is 192 Å². The van der Waals surface area contributed by atoms with Crippen molar-refractivity contribution in [2.45, 2.75) is 43.7 Å². The lowest BCUT2D eigenvalue weighted by atomic mass is 10.0. The molecule has 0 fully saturated rings. The van der Waals surface area contributed by atoms with E-state index in [1.54, 1.807) is 24.3 Å². The second kappa shape index (κ2) is 11.4. The molecule has 0 heterocycles. The smallest absolute Gasteiger partial charge is 0.320 e. The van der Waals surface area contributed by atoms with Crippen LogP contribution in [0.4, 0.5) is 0 Å². The number of hydrogen-bond donors (Lipinski definition) is 4. The first-order valence-corrected chi connectivity index (χ1v) is 11.9. The summed E-state index contributed by atoms with van der Waals surface area (Å²) in [6.07, 6.45) is 0.143. The molecular weight excluding hydrogens is 456 g/mol. The third-order valence-corrected chi connectivity index (χ3v) is 6.50. The second-order valence-corrected chi connectivity index (χ2v) is 10.00. The first kappa shape index (κ1) is 25.8. The molecule has 0 aromatic heterocycles. The van der Waals surface area contributed by atoms with Crippen molar-refractivity contribution in [2.75, 3.05) is 6.54 Å². The number of nitrogens with one attached hydrogen (secondary N) is 2. The van der Waals surface area contributed by atoms with E-state index in [1.807, 2.05) is 26.0 Å². The van der Waals surface area contributed by atoms with E-state index in [1.165, 1.54) is 12.1 Å². The summed E-state index contributed by atoms with van der Waals surface area (Å²) >= 11 is 5.88. The molecule has 4 N–H and O–H groups in total. The number of carboxylic acid groups (broad SMARTS) is 2. The van der Waals surface area contributed by atoms with Gasteiger partial charge in [0.2, 0.25) is 10.0 Å². The molecule has 0 spiro atoms. The van der Waals surface area contributed by atoms with Crippen LogP contribution >= 0.6 is 11.6 Å². The Hall–Kier alpha value is -2.46. The van der Waals surface area contributed by atoms with Crippen molar-refractivity contribution in [3.63, 3.8) is 0 Å². The summed E-state index contributed by atoms with van der Waals surface area (Å²) in [6.45, 7) is 3.50. The first-order chi connectivity index (χ1) is 15.0. The highest BCUT2D eigenvalue weighted by Gasteiger charge is 2.27. The summed E-state index contributed by atoms with van der Waals surface area (Å²) in [5.41, 5.74) is 1.71. The van der Waals surface area contributed by atoms with Crippen molar-refractivity contribution in [3.05, 3.63) is 53.6 Å². The largest absolute Gasteiger partial charge is 0.480 e. The lowest BCUT2D eigenvalue weighted by Crippen LogP contribution is -2.48. The van der Waals surface area contributed by atoms with Crippen LogP contribution < -0.4 is 10.0 Å². The topological polar surface area (TPSA) is 133 Å². The molecule has 0 saturated heterocycles. The summed E-state index contributed by atoms with van der Waals surface area (Å²) in [6, 6.07) is 11.2. The molecule has 0 aliphatic heterocycles. The zero-order valence-corrected chi connectivity index (χ0v) is 19.4. The van der Waals surface area contributed by atoms with E-state index in [9.17, 15) is 28.2 Å². The molecule has 8 nitrogen and oxygen atoms in total. The third kappa shape index (κ3) is 7.59. The number of halogens is 1. The van der Waals surface area contributed by atoms with Gasteiger partial charge in [-0.2, -0.15) is 0 Å². The van der Waals surface area contributed by atoms with Gasteiger partial charge in [0.25, 0.3) is 0 Å². The van der Waals surface area contributed by atoms with Gasteiger partial charge in [0.1, 0.15) is 12.1 Å². The van der Waals surface area contributed by atoms with Crippen LogP contribution in [0.3, 0.4) is 0 Å². The van der Waals surface area contributed by atoms with Crippen LogP contribution in [0.15, 0.2) is 53.4 Å². The molecule has 2 aromatic rings. The van der Waals surface area contributed by atoms with Crippen molar-refractivity contribution in [2.24, 2.45) is 5.92 Å². The van der Waals surface area contributed by atoms with Crippen molar-refractivity contribution < 1.29 is 28.2 Å². The van der Waals surface area contributed by atoms with Gasteiger partial charge in [-0.05, 0) is 54.2 Å². The molecule has 0 bridgehead atoms. The van der Waals surface area contributed by atoms with Gasteiger partial charge in [-0.25, -0.2) is 13.1 Å². The first-order valence-electron chi connectivity index (χ1n) is 10.1. The van der Waals surface area contributed by atoms with Crippen LogP contribution in [0.25, 0.3) is 11.1 Å². The molecular formula is C22H27ClN2O6S. The maximum Gasteiger partial charge on any atom is 0.320 e. The normalized spacial score (nSPS) is 13.6. The van der Waals surface area contributed by atoms with Crippen molar-refractivity contribution in [1.82, 2.24) is 10.0 Å². The fraction of sp³-hybridized carbons (Fsp3) is 0.364. The van der Waals surface area contributed by atoms with Crippen LogP contribution in [0.5, 0.6) is 0 Å². The Balaban J connectivity index is 2.00. The van der Waals surface area contributed by atoms with Crippen molar-refractivity contribution in [3.8, 4) is 11.1 Å². The minimum absolute atomic E-state index is 0.0401. The summed E-state index contributed by atoms with van der Waals surface area (Å²) in [4.78, 5) is 22.9. The van der Waals surface area contributed by atoms with E-state index < -0.39 is 34.0 Å². The quantitative estimate of drug-likeness (QED) is 0.365. The van der Waals surface area contributed by atoms with E-state index in [2.05, 4.69) is 10.0 Å². The molecule has 0 aliphatic rings. The summed E-state index contributed by atoms with van der Waals surface area (Å²) in [5.74, 6) is -2.34. The summed E-state index contributed by atoms with van der Waals surface area (Å²) in [7, 11) is -3.86. The molecule has 0 amide bonds. The van der Waals surface area contributed by atoms with E-state index in [0.29, 0.717) is 5.02 Å². The van der Waals surface area contributed by atoms with Gasteiger partial charge in [-0.1, -0.05) is 49.7 Å². The van der Waals surface area contributed by atoms with Gasteiger partial charge >= 0.3 is 11.9 Å². The van der Waals surface area contributed by atoms with Crippen molar-refractivity contribution in [1.29, 1.82) is 0 Å². The standard InChI is InChI=1S/C22H27ClN2O6S/c1-14(2)13-20(22(28)29)25-19(21(26)27)11-12-24-32(30,31)18-9-5-16(6-10-18)15-3-7-17(23)8-4-15/h3-10,14,19-20,24-25H,11-13H2,1-2H3,(H,26,27)(H,28,29)/t19-,20-/m0/s1. The van der Waals surface area contributed by atoms with Crippen LogP contribution in [-0.4, -0.2) is 49.2 Å². The lowest BCUT2D eigenvalue weighted by molar-refractivity contribution is -0.143. The number of carboxylic acids is 2. The zero-order chi connectivity index (χ0) is 23.9. The molecule has 2 atom stereocenters. The molecule has 0 radical (unpaired) electrons. The number of aliphatic carboxylic acids is 2. The van der Waals surface area contributed by atoms with Crippen LogP contribution in [0, 0.1) is 5.92 Å². The highest BCUT2D eigenvalue weighted by molar-refractivity contribution is 7.89. The van der Waals surface area contributed by atoms with Crippen molar-refractivity contribution >= 4 is 33.6 Å². The number of hydrogen-bond acceptors (Lipinski definition) is 5. The molecule has 174 valence electrons. The SMILES string of the molecule is CC(C)C[C@H](N[C@@H](CCNS(=O)(=O)c1ccc(-c2ccc(Cl)cc2)cc1)C(=O)O)C(=O)O. The molecule has 2 aromatic carbocycles. The van der Waals surface area contributed by atoms with Gasteiger partial charge in [-0.3, -0.25) is 14.9 Å². The van der Waals surface area contributed by atoms with Gasteiger partial charge in [-0.15, -0.1) is 0 Å². The predicted molar refractivity (Wildman–Crippen MR) is 122 cm³/mol. The molecule has 0 saturated carbocycles. The average molecular weight is 483 g/mol. The van der Waals surface area contributed by atoms with Gasteiger partial charge < -0.3 is 10.2 Å². The maximum atomic E-state index is 12.6. The van der Waals surface area contributed by atoms with Gasteiger partial charge in [0, 0.05) is 11.6 Å². The van der Waals surface area contributed by atoms with E-state index >= 15 is 0 Å². The number of carbonyl (C=O) groups is 2. The molecule has 10 heteroatoms. The number of benzene rings is 2. The third-order valence-electron chi connectivity index (χ3n) is 4.77. The average Bonchev–Trinajstić information content (AvgIpc) is 2.72. The second-order valence-electron chi connectivity index (χ2n) is 7.80. The number of sulfonamides is 1. The molecule has 0 unspecified atom stereocenters. The van der Waals surface area contributed by atoms with Crippen LogP contribution in [0.1, 0.15) is 26.7 Å². The molecule has 2 rings (SSSR count). The fourth-order valence-electron chi connectivity index (χ4n) is 3.12. The van der Waals surface area contributed by atoms with Gasteiger partial charge in [0.05, 0.1) is 4.90 Å². The Bertz CT molecular complexity index is 1020. The van der Waals surface area contributed by atoms with Gasteiger partial charge in [0.15, 0.2) is 0 Å². The van der Waals surface area contributed by atoms with Crippen LogP contribution in [-0.2, 0) is 19.6 Å². The zero-order valence-electron chi connectivity index (χ0n) is 17.8. The number of rotatable bonds is 12. The Kier molecular flexibility index (Phi) is 9.21. The fourth-order valence-corrected chi connectivity index (χ4v) is 4.30. The summed E-state index contributed by atoms with van der Waals surface area (Å²) < 4.78 is 27.5. The van der Waals surface area contributed by atoms with Crippen LogP contribution in [0.2, 0.25) is 5.02 Å². The van der Waals surface area contributed by atoms with E-state index in [-0.39, 0.29) is 30.2 Å². The lowest BCUT2D eigenvalue weighted by Gasteiger charge is -2.21. The minimum Gasteiger partial charge on any atom is -0.480 e. The summed E-state index contributed by atoms with van der Waals surface area (Å²) in [5, 5.41) is 21.9. The Morgan fingerprint density at radius 1 is 0.906 bits per heavy atom. The monoisotopic (exact) mass is 482 g/mol. The molecule has 0 aliphatic carbocycles. The Morgan fingerprint density at radius 3 is 1.88 bits per heavy atom. The minimum atomic E-state index is -3.86. The van der Waals surface area contributed by atoms with E-state index in [0.717, 1.165) is 11.1 Å². The van der Waals surface area contributed by atoms with E-state index in [4.69, 9.17) is 11.6 Å². The highest BCUT2D eigenvalue weighted by atomic mass is 35.5. The Morgan fingerprint density at radius 2 is 1.41 bits per heavy atom. The predicted octanol–water partition coefficient (Wildman–Crippen LogP) is 3.22. The molecule has 32 heavy (non-hydrogen) atoms.